The number of ether oxygens (including phenoxy) is 1. The van der Waals surface area contributed by atoms with Gasteiger partial charge in [0.2, 0.25) is 0 Å². The van der Waals surface area contributed by atoms with E-state index >= 15 is 0 Å². The van der Waals surface area contributed by atoms with E-state index in [1.807, 2.05) is 33.7 Å². The minimum absolute atomic E-state index is 0.0665. The predicted molar refractivity (Wildman–Crippen MR) is 119 cm³/mol. The van der Waals surface area contributed by atoms with Gasteiger partial charge < -0.3 is 14.2 Å². The molecule has 5 rings (SSSR count). The number of carbonyl (C=O) groups is 1. The van der Waals surface area contributed by atoms with Crippen molar-refractivity contribution in [3.63, 3.8) is 0 Å². The molecule has 7 nitrogen and oxygen atoms in total. The molecule has 0 radical (unpaired) electrons. The Balaban J connectivity index is 1.21. The third-order valence-corrected chi connectivity index (χ3v) is 6.42. The topological polar surface area (TPSA) is 63.5 Å². The number of amides is 1. The van der Waals surface area contributed by atoms with E-state index in [0.717, 1.165) is 69.9 Å². The molecule has 2 aliphatic rings. The summed E-state index contributed by atoms with van der Waals surface area (Å²) >= 11 is 0. The van der Waals surface area contributed by atoms with Crippen LogP contribution in [0.4, 0.5) is 0 Å². The molecule has 162 valence electrons. The molecule has 7 heteroatoms. The van der Waals surface area contributed by atoms with Crippen LogP contribution in [0.15, 0.2) is 48.9 Å². The molecule has 0 atom stereocenters. The fourth-order valence-corrected chi connectivity index (χ4v) is 4.61. The normalized spacial score (nSPS) is 18.5. The Kier molecular flexibility index (Phi) is 5.95. The largest absolute Gasteiger partial charge is 0.379 e. The average Bonchev–Trinajstić information content (AvgIpc) is 3.22. The van der Waals surface area contributed by atoms with E-state index in [1.165, 1.54) is 5.56 Å². The van der Waals surface area contributed by atoms with Crippen LogP contribution in [-0.2, 0) is 11.3 Å². The Hall–Kier alpha value is -2.77. The number of benzene rings is 1. The molecule has 0 spiro atoms. The lowest BCUT2D eigenvalue weighted by molar-refractivity contribution is 0.0243. The van der Waals surface area contributed by atoms with E-state index in [0.29, 0.717) is 18.0 Å². The highest BCUT2D eigenvalue weighted by molar-refractivity contribution is 5.96. The highest BCUT2D eigenvalue weighted by Crippen LogP contribution is 2.22. The zero-order chi connectivity index (χ0) is 21.0. The van der Waals surface area contributed by atoms with E-state index in [1.54, 1.807) is 12.5 Å². The Morgan fingerprint density at radius 1 is 1.03 bits per heavy atom. The van der Waals surface area contributed by atoms with Crippen LogP contribution in [0, 0.1) is 5.92 Å². The maximum Gasteiger partial charge on any atom is 0.255 e. The molecule has 2 aromatic heterocycles. The standard InChI is InChI=1S/C24H29N5O2/c30-24(28-8-6-20(7-9-28)16-27-10-12-31-13-11-27)21-14-22-23(25-15-21)29(18-26-22)17-19-4-2-1-3-5-19/h1-5,14-15,18,20H,6-13,16-17H2. The number of piperidine rings is 1. The summed E-state index contributed by atoms with van der Waals surface area (Å²) in [5.74, 6) is 0.730. The van der Waals surface area contributed by atoms with Crippen LogP contribution in [0.1, 0.15) is 28.8 Å². The average molecular weight is 420 g/mol. The summed E-state index contributed by atoms with van der Waals surface area (Å²) in [6, 6.07) is 12.1. The summed E-state index contributed by atoms with van der Waals surface area (Å²) in [5, 5.41) is 0. The number of pyridine rings is 1. The molecule has 2 aliphatic heterocycles. The maximum absolute atomic E-state index is 13.1. The molecule has 1 amide bonds. The van der Waals surface area contributed by atoms with Crippen LogP contribution in [0.25, 0.3) is 11.2 Å². The second-order valence-corrected chi connectivity index (χ2v) is 8.57. The molecule has 0 aliphatic carbocycles. The van der Waals surface area contributed by atoms with E-state index in [-0.39, 0.29) is 5.91 Å². The van der Waals surface area contributed by atoms with Crippen molar-refractivity contribution in [3.8, 4) is 0 Å². The summed E-state index contributed by atoms with van der Waals surface area (Å²) in [4.78, 5) is 26.6. The van der Waals surface area contributed by atoms with Gasteiger partial charge in [0.1, 0.15) is 5.52 Å². The number of aromatic nitrogens is 3. The van der Waals surface area contributed by atoms with Crippen molar-refractivity contribution in [2.45, 2.75) is 19.4 Å². The van der Waals surface area contributed by atoms with Crippen LogP contribution >= 0.6 is 0 Å². The van der Waals surface area contributed by atoms with Crippen molar-refractivity contribution in [1.82, 2.24) is 24.3 Å². The second-order valence-electron chi connectivity index (χ2n) is 8.57. The van der Waals surface area contributed by atoms with Gasteiger partial charge in [-0.15, -0.1) is 0 Å². The zero-order valence-electron chi connectivity index (χ0n) is 17.8. The lowest BCUT2D eigenvalue weighted by Gasteiger charge is -2.36. The maximum atomic E-state index is 13.1. The van der Waals surface area contributed by atoms with Crippen LogP contribution in [0.2, 0.25) is 0 Å². The number of hydrogen-bond donors (Lipinski definition) is 0. The Morgan fingerprint density at radius 3 is 2.58 bits per heavy atom. The fraction of sp³-hybridized carbons (Fsp3) is 0.458. The van der Waals surface area contributed by atoms with E-state index in [2.05, 4.69) is 27.0 Å². The predicted octanol–water partition coefficient (Wildman–Crippen LogP) is 2.66. The van der Waals surface area contributed by atoms with E-state index < -0.39 is 0 Å². The third-order valence-electron chi connectivity index (χ3n) is 6.42. The number of morpholine rings is 1. The summed E-state index contributed by atoms with van der Waals surface area (Å²) in [5.41, 5.74) is 3.40. The highest BCUT2D eigenvalue weighted by Gasteiger charge is 2.26. The van der Waals surface area contributed by atoms with Gasteiger partial charge in [0, 0.05) is 38.9 Å². The van der Waals surface area contributed by atoms with E-state index in [4.69, 9.17) is 4.74 Å². The van der Waals surface area contributed by atoms with Crippen molar-refractivity contribution in [2.75, 3.05) is 45.9 Å². The molecular formula is C24H29N5O2. The second kappa shape index (κ2) is 9.16. The number of likely N-dealkylation sites (tertiary alicyclic amines) is 1. The quantitative estimate of drug-likeness (QED) is 0.636. The first-order chi connectivity index (χ1) is 15.3. The van der Waals surface area contributed by atoms with Crippen LogP contribution in [0.3, 0.4) is 0 Å². The molecule has 0 unspecified atom stereocenters. The van der Waals surface area contributed by atoms with Crippen molar-refractivity contribution < 1.29 is 9.53 Å². The molecule has 3 aromatic rings. The molecule has 0 bridgehead atoms. The number of imidazole rings is 1. The van der Waals surface area contributed by atoms with Gasteiger partial charge in [-0.2, -0.15) is 0 Å². The molecule has 0 saturated carbocycles. The first-order valence-electron chi connectivity index (χ1n) is 11.2. The molecular weight excluding hydrogens is 390 g/mol. The van der Waals surface area contributed by atoms with Crippen LogP contribution in [-0.4, -0.2) is 76.2 Å². The zero-order valence-corrected chi connectivity index (χ0v) is 17.8. The van der Waals surface area contributed by atoms with Gasteiger partial charge >= 0.3 is 0 Å². The van der Waals surface area contributed by atoms with Crippen LogP contribution < -0.4 is 0 Å². The SMILES string of the molecule is O=C(c1cnc2c(c1)ncn2Cc1ccccc1)N1CCC(CN2CCOCC2)CC1. The van der Waals surface area contributed by atoms with Gasteiger partial charge in [-0.05, 0) is 30.4 Å². The molecule has 2 fully saturated rings. The van der Waals surface area contributed by atoms with Gasteiger partial charge in [0.15, 0.2) is 5.65 Å². The summed E-state index contributed by atoms with van der Waals surface area (Å²) in [6.45, 7) is 7.21. The molecule has 1 aromatic carbocycles. The number of nitrogens with zero attached hydrogens (tertiary/aromatic N) is 5. The summed E-state index contributed by atoms with van der Waals surface area (Å²) < 4.78 is 7.46. The van der Waals surface area contributed by atoms with Crippen molar-refractivity contribution >= 4 is 17.1 Å². The Labute approximate surface area is 182 Å². The minimum Gasteiger partial charge on any atom is -0.379 e. The third kappa shape index (κ3) is 4.62. The number of fused-ring (bicyclic) bond motifs is 1. The lowest BCUT2D eigenvalue weighted by atomic mass is 9.95. The summed E-state index contributed by atoms with van der Waals surface area (Å²) in [6.07, 6.45) is 5.62. The molecule has 0 N–H and O–H groups in total. The number of carbonyl (C=O) groups excluding carboxylic acids is 1. The highest BCUT2D eigenvalue weighted by atomic mass is 16.5. The fourth-order valence-electron chi connectivity index (χ4n) is 4.61. The summed E-state index contributed by atoms with van der Waals surface area (Å²) in [7, 11) is 0. The monoisotopic (exact) mass is 419 g/mol. The first kappa shape index (κ1) is 20.2. The smallest absolute Gasteiger partial charge is 0.255 e. The lowest BCUT2D eigenvalue weighted by Crippen LogP contribution is -2.44. The van der Waals surface area contributed by atoms with Gasteiger partial charge in [-0.25, -0.2) is 9.97 Å². The number of hydrogen-bond acceptors (Lipinski definition) is 5. The van der Waals surface area contributed by atoms with Gasteiger partial charge in [0.05, 0.1) is 31.6 Å². The van der Waals surface area contributed by atoms with E-state index in [9.17, 15) is 4.79 Å². The van der Waals surface area contributed by atoms with Crippen molar-refractivity contribution in [1.29, 1.82) is 0 Å². The first-order valence-corrected chi connectivity index (χ1v) is 11.2. The van der Waals surface area contributed by atoms with Gasteiger partial charge in [0.25, 0.3) is 5.91 Å². The minimum atomic E-state index is 0.0665. The van der Waals surface area contributed by atoms with Gasteiger partial charge in [-0.1, -0.05) is 30.3 Å². The molecule has 2 saturated heterocycles. The number of rotatable bonds is 5. The Bertz CT molecular complexity index is 1020. The van der Waals surface area contributed by atoms with Gasteiger partial charge in [-0.3, -0.25) is 9.69 Å². The van der Waals surface area contributed by atoms with Crippen LogP contribution in [0.5, 0.6) is 0 Å². The Morgan fingerprint density at radius 2 is 1.81 bits per heavy atom. The van der Waals surface area contributed by atoms with Crippen molar-refractivity contribution in [3.05, 3.63) is 60.0 Å². The van der Waals surface area contributed by atoms with Crippen molar-refractivity contribution in [2.24, 2.45) is 5.92 Å². The molecule has 31 heavy (non-hydrogen) atoms. The molecule has 4 heterocycles.